The molecule has 4 heteroatoms. The highest BCUT2D eigenvalue weighted by atomic mass is 32.1. The molecule has 0 atom stereocenters. The predicted molar refractivity (Wildman–Crippen MR) is 111 cm³/mol. The van der Waals surface area contributed by atoms with Crippen LogP contribution in [0.1, 0.15) is 45.3 Å². The summed E-state index contributed by atoms with van der Waals surface area (Å²) >= 11 is 1.45. The van der Waals surface area contributed by atoms with Gasteiger partial charge in [-0.2, -0.15) is 0 Å². The molecule has 1 heterocycles. The normalized spacial score (nSPS) is 12.6. The van der Waals surface area contributed by atoms with E-state index in [9.17, 15) is 4.79 Å². The van der Waals surface area contributed by atoms with Gasteiger partial charge in [0, 0.05) is 11.3 Å². The Morgan fingerprint density at radius 1 is 1.11 bits per heavy atom. The summed E-state index contributed by atoms with van der Waals surface area (Å²) in [5.41, 5.74) is 5.91. The number of benzene rings is 2. The highest BCUT2D eigenvalue weighted by Gasteiger charge is 2.13. The van der Waals surface area contributed by atoms with Crippen molar-refractivity contribution in [2.24, 2.45) is 0 Å². The molecule has 0 unspecified atom stereocenters. The van der Waals surface area contributed by atoms with Gasteiger partial charge in [-0.25, -0.2) is 0 Å². The van der Waals surface area contributed by atoms with Crippen LogP contribution in [0.4, 0.5) is 5.69 Å². The van der Waals surface area contributed by atoms with Gasteiger partial charge < -0.3 is 10.1 Å². The number of rotatable bonds is 6. The van der Waals surface area contributed by atoms with Crippen molar-refractivity contribution in [3.63, 3.8) is 0 Å². The molecule has 0 fully saturated rings. The Morgan fingerprint density at radius 3 is 2.85 bits per heavy atom. The number of hydrogen-bond donors (Lipinski definition) is 1. The summed E-state index contributed by atoms with van der Waals surface area (Å²) in [6.07, 6.45) is 4.46. The fraction of sp³-hybridized carbons (Fsp3) is 0.261. The molecule has 0 spiro atoms. The van der Waals surface area contributed by atoms with Gasteiger partial charge in [0.2, 0.25) is 0 Å². The molecule has 138 valence electrons. The van der Waals surface area contributed by atoms with E-state index in [-0.39, 0.29) is 5.91 Å². The molecule has 1 aromatic heterocycles. The lowest BCUT2D eigenvalue weighted by atomic mass is 10.1. The topological polar surface area (TPSA) is 38.3 Å². The Labute approximate surface area is 164 Å². The summed E-state index contributed by atoms with van der Waals surface area (Å²) in [5.74, 6) is 0.842. The molecule has 1 aliphatic rings. The van der Waals surface area contributed by atoms with Crippen LogP contribution >= 0.6 is 11.3 Å². The quantitative estimate of drug-likeness (QED) is 0.604. The van der Waals surface area contributed by atoms with E-state index in [2.05, 4.69) is 24.4 Å². The molecule has 3 nitrogen and oxygen atoms in total. The maximum atomic E-state index is 12.6. The summed E-state index contributed by atoms with van der Waals surface area (Å²) < 4.78 is 5.94. The first-order valence-corrected chi connectivity index (χ1v) is 10.3. The van der Waals surface area contributed by atoms with E-state index >= 15 is 0 Å². The van der Waals surface area contributed by atoms with Gasteiger partial charge in [-0.15, -0.1) is 11.3 Å². The molecule has 27 heavy (non-hydrogen) atoms. The lowest BCUT2D eigenvalue weighted by Crippen LogP contribution is -2.11. The minimum absolute atomic E-state index is 0.0651. The van der Waals surface area contributed by atoms with E-state index < -0.39 is 0 Å². The van der Waals surface area contributed by atoms with Gasteiger partial charge >= 0.3 is 0 Å². The van der Waals surface area contributed by atoms with Crippen LogP contribution in [0.15, 0.2) is 53.9 Å². The van der Waals surface area contributed by atoms with Crippen molar-refractivity contribution in [3.05, 3.63) is 81.0 Å². The molecular formula is C23H23NO2S. The Balaban J connectivity index is 1.38. The highest BCUT2D eigenvalue weighted by Crippen LogP contribution is 2.27. The first-order chi connectivity index (χ1) is 13.2. The highest BCUT2D eigenvalue weighted by molar-refractivity contribution is 7.12. The van der Waals surface area contributed by atoms with Crippen LogP contribution in [-0.2, 0) is 25.9 Å². The van der Waals surface area contributed by atoms with Crippen molar-refractivity contribution in [2.45, 2.75) is 39.2 Å². The number of amides is 1. The number of carbonyl (C=O) groups excluding carboxylic acids is 1. The molecule has 0 radical (unpaired) electrons. The number of para-hydroxylation sites is 1. The van der Waals surface area contributed by atoms with Gasteiger partial charge in [0.1, 0.15) is 12.4 Å². The van der Waals surface area contributed by atoms with E-state index in [1.807, 2.05) is 41.8 Å². The number of carbonyl (C=O) groups is 1. The smallest absolute Gasteiger partial charge is 0.265 e. The van der Waals surface area contributed by atoms with Crippen LogP contribution in [0, 0.1) is 0 Å². The Bertz CT molecular complexity index is 961. The Kier molecular flexibility index (Phi) is 5.26. The number of anilines is 1. The fourth-order valence-corrected chi connectivity index (χ4v) is 4.30. The molecule has 0 aliphatic heterocycles. The molecule has 0 saturated carbocycles. The zero-order chi connectivity index (χ0) is 18.6. The largest absolute Gasteiger partial charge is 0.489 e. The van der Waals surface area contributed by atoms with Crippen molar-refractivity contribution in [2.75, 3.05) is 5.32 Å². The molecular weight excluding hydrogens is 354 g/mol. The molecule has 0 saturated heterocycles. The van der Waals surface area contributed by atoms with Gasteiger partial charge in [-0.1, -0.05) is 31.2 Å². The molecule has 4 rings (SSSR count). The molecule has 1 amide bonds. The number of nitrogens with one attached hydrogen (secondary N) is 1. The summed E-state index contributed by atoms with van der Waals surface area (Å²) in [5, 5.41) is 5.02. The lowest BCUT2D eigenvalue weighted by molar-refractivity contribution is 0.103. The van der Waals surface area contributed by atoms with E-state index in [4.69, 9.17) is 4.74 Å². The summed E-state index contributed by atoms with van der Waals surface area (Å²) in [6, 6.07) is 16.2. The zero-order valence-corrected chi connectivity index (χ0v) is 16.3. The monoisotopic (exact) mass is 377 g/mol. The molecule has 2 aromatic carbocycles. The van der Waals surface area contributed by atoms with Crippen LogP contribution in [0.25, 0.3) is 0 Å². The zero-order valence-electron chi connectivity index (χ0n) is 15.5. The Hall–Kier alpha value is -2.59. The van der Waals surface area contributed by atoms with Crippen molar-refractivity contribution in [1.29, 1.82) is 0 Å². The van der Waals surface area contributed by atoms with Crippen molar-refractivity contribution in [3.8, 4) is 5.75 Å². The van der Waals surface area contributed by atoms with Gasteiger partial charge in [0.25, 0.3) is 5.91 Å². The number of hydrogen-bond acceptors (Lipinski definition) is 3. The minimum Gasteiger partial charge on any atom is -0.489 e. The van der Waals surface area contributed by atoms with E-state index in [0.29, 0.717) is 11.5 Å². The van der Waals surface area contributed by atoms with Crippen LogP contribution in [0.5, 0.6) is 5.75 Å². The Morgan fingerprint density at radius 2 is 1.96 bits per heavy atom. The number of ether oxygens (including phenoxy) is 1. The standard InChI is InChI=1S/C23H23NO2S/c1-2-17-6-3-4-9-21(17)24-23(25)22-12-16(15-27-22)14-26-20-11-10-18-7-5-8-19(18)13-20/h3-4,6,9-13,15H,2,5,7-8,14H2,1H3,(H,24,25). The second-order valence-corrected chi connectivity index (χ2v) is 7.77. The number of thiophene rings is 1. The molecule has 0 bridgehead atoms. The van der Waals surface area contributed by atoms with Crippen molar-refractivity contribution < 1.29 is 9.53 Å². The average Bonchev–Trinajstić information content (AvgIpc) is 3.35. The minimum atomic E-state index is -0.0651. The second-order valence-electron chi connectivity index (χ2n) is 6.86. The molecule has 1 aliphatic carbocycles. The lowest BCUT2D eigenvalue weighted by Gasteiger charge is -2.08. The third-order valence-corrected chi connectivity index (χ3v) is 5.98. The summed E-state index contributed by atoms with van der Waals surface area (Å²) in [7, 11) is 0. The summed E-state index contributed by atoms with van der Waals surface area (Å²) in [4.78, 5) is 13.3. The van der Waals surface area contributed by atoms with E-state index in [1.165, 1.54) is 35.3 Å². The number of fused-ring (bicyclic) bond motifs is 1. The van der Waals surface area contributed by atoms with Gasteiger partial charge in [0.15, 0.2) is 0 Å². The van der Waals surface area contributed by atoms with Crippen LogP contribution < -0.4 is 10.1 Å². The van der Waals surface area contributed by atoms with Crippen molar-refractivity contribution >= 4 is 22.9 Å². The molecule has 1 N–H and O–H groups in total. The van der Waals surface area contributed by atoms with Crippen LogP contribution in [-0.4, -0.2) is 5.91 Å². The fourth-order valence-electron chi connectivity index (χ4n) is 3.51. The second kappa shape index (κ2) is 7.97. The predicted octanol–water partition coefficient (Wildman–Crippen LogP) is 5.63. The van der Waals surface area contributed by atoms with Gasteiger partial charge in [0.05, 0.1) is 4.88 Å². The maximum absolute atomic E-state index is 12.6. The summed E-state index contributed by atoms with van der Waals surface area (Å²) in [6.45, 7) is 2.57. The van der Waals surface area contributed by atoms with Gasteiger partial charge in [-0.05, 0) is 72.0 Å². The third-order valence-electron chi connectivity index (χ3n) is 5.00. The SMILES string of the molecule is CCc1ccccc1NC(=O)c1cc(COc2ccc3c(c2)CCC3)cs1. The first-order valence-electron chi connectivity index (χ1n) is 9.44. The third kappa shape index (κ3) is 4.06. The first kappa shape index (κ1) is 17.8. The van der Waals surface area contributed by atoms with E-state index in [1.54, 1.807) is 0 Å². The number of aryl methyl sites for hydroxylation is 3. The molecule has 3 aromatic rings. The van der Waals surface area contributed by atoms with Crippen LogP contribution in [0.2, 0.25) is 0 Å². The van der Waals surface area contributed by atoms with Crippen molar-refractivity contribution in [1.82, 2.24) is 0 Å². The maximum Gasteiger partial charge on any atom is 0.265 e. The van der Waals surface area contributed by atoms with Crippen LogP contribution in [0.3, 0.4) is 0 Å². The van der Waals surface area contributed by atoms with E-state index in [0.717, 1.165) is 35.4 Å². The van der Waals surface area contributed by atoms with Gasteiger partial charge in [-0.3, -0.25) is 4.79 Å². The average molecular weight is 378 g/mol.